The zero-order chi connectivity index (χ0) is 16.7. The Labute approximate surface area is 137 Å². The Morgan fingerprint density at radius 3 is 2.61 bits per heavy atom. The summed E-state index contributed by atoms with van der Waals surface area (Å²) in [5, 5.41) is 6.00. The molecule has 124 valence electrons. The van der Waals surface area contributed by atoms with Gasteiger partial charge in [-0.1, -0.05) is 0 Å². The van der Waals surface area contributed by atoms with E-state index < -0.39 is 0 Å². The molecule has 0 aliphatic rings. The molecule has 1 aromatic carbocycles. The molecule has 0 unspecified atom stereocenters. The van der Waals surface area contributed by atoms with E-state index in [1.807, 2.05) is 31.2 Å². The fourth-order valence-electron chi connectivity index (χ4n) is 2.48. The molecule has 23 heavy (non-hydrogen) atoms. The Morgan fingerprint density at radius 2 is 2.00 bits per heavy atom. The van der Waals surface area contributed by atoms with Crippen molar-refractivity contribution < 1.29 is 9.21 Å². The van der Waals surface area contributed by atoms with Crippen LogP contribution in [0.3, 0.4) is 0 Å². The van der Waals surface area contributed by atoms with Crippen molar-refractivity contribution in [2.75, 3.05) is 29.9 Å². The van der Waals surface area contributed by atoms with E-state index in [0.29, 0.717) is 6.54 Å². The third-order valence-corrected chi connectivity index (χ3v) is 3.78. The Balaban J connectivity index is 1.87. The summed E-state index contributed by atoms with van der Waals surface area (Å²) in [5.74, 6) is 0.757. The molecule has 1 amide bonds. The van der Waals surface area contributed by atoms with Crippen molar-refractivity contribution >= 4 is 17.3 Å². The van der Waals surface area contributed by atoms with Gasteiger partial charge < -0.3 is 20.0 Å². The molecule has 1 heterocycles. The number of hydrogen-bond acceptors (Lipinski definition) is 4. The van der Waals surface area contributed by atoms with Crippen molar-refractivity contribution in [3.05, 3.63) is 47.9 Å². The van der Waals surface area contributed by atoms with Gasteiger partial charge in [-0.15, -0.1) is 0 Å². The minimum Gasteiger partial charge on any atom is -0.468 e. The number of aryl methyl sites for hydroxylation is 1. The second-order valence-corrected chi connectivity index (χ2v) is 5.40. The Bertz CT molecular complexity index is 619. The van der Waals surface area contributed by atoms with Crippen LogP contribution >= 0.6 is 0 Å². The average molecular weight is 315 g/mol. The highest BCUT2D eigenvalue weighted by atomic mass is 16.3. The summed E-state index contributed by atoms with van der Waals surface area (Å²) >= 11 is 0. The number of rotatable bonds is 8. The first-order chi connectivity index (χ1) is 11.1. The Morgan fingerprint density at radius 1 is 1.22 bits per heavy atom. The number of anilines is 2. The predicted octanol–water partition coefficient (Wildman–Crippen LogP) is 3.16. The van der Waals surface area contributed by atoms with Gasteiger partial charge in [-0.2, -0.15) is 0 Å². The Kier molecular flexibility index (Phi) is 6.23. The molecular formula is C18H25N3O2. The summed E-state index contributed by atoms with van der Waals surface area (Å²) in [4.78, 5) is 14.3. The third-order valence-electron chi connectivity index (χ3n) is 3.78. The first-order valence-electron chi connectivity index (χ1n) is 8.02. The molecular weight excluding hydrogens is 290 g/mol. The van der Waals surface area contributed by atoms with Crippen LogP contribution in [0.25, 0.3) is 0 Å². The van der Waals surface area contributed by atoms with Gasteiger partial charge in [-0.3, -0.25) is 4.79 Å². The molecule has 0 bridgehead atoms. The maximum Gasteiger partial charge on any atom is 0.238 e. The van der Waals surface area contributed by atoms with Crippen LogP contribution in [0.2, 0.25) is 0 Å². The highest BCUT2D eigenvalue weighted by Crippen LogP contribution is 2.22. The lowest BCUT2D eigenvalue weighted by Gasteiger charge is -2.22. The SMILES string of the molecule is CCN(CC)c1ccc(NC(=O)CNCc2ccco2)c(C)c1. The number of hydrogen-bond donors (Lipinski definition) is 2. The highest BCUT2D eigenvalue weighted by molar-refractivity contribution is 5.93. The van der Waals surface area contributed by atoms with E-state index in [4.69, 9.17) is 4.42 Å². The molecule has 0 radical (unpaired) electrons. The first-order valence-corrected chi connectivity index (χ1v) is 8.02. The molecule has 5 heteroatoms. The van der Waals surface area contributed by atoms with Crippen LogP contribution in [0.5, 0.6) is 0 Å². The van der Waals surface area contributed by atoms with E-state index in [0.717, 1.165) is 30.1 Å². The summed E-state index contributed by atoms with van der Waals surface area (Å²) in [5.41, 5.74) is 3.10. The van der Waals surface area contributed by atoms with Crippen LogP contribution < -0.4 is 15.5 Å². The van der Waals surface area contributed by atoms with Gasteiger partial charge in [-0.25, -0.2) is 0 Å². The van der Waals surface area contributed by atoms with Crippen molar-refractivity contribution in [3.8, 4) is 0 Å². The van der Waals surface area contributed by atoms with Gasteiger partial charge >= 0.3 is 0 Å². The number of benzene rings is 1. The molecule has 5 nitrogen and oxygen atoms in total. The minimum absolute atomic E-state index is 0.0600. The fraction of sp³-hybridized carbons (Fsp3) is 0.389. The molecule has 0 fully saturated rings. The van der Waals surface area contributed by atoms with E-state index in [2.05, 4.69) is 35.4 Å². The second kappa shape index (κ2) is 8.39. The molecule has 1 aromatic heterocycles. The minimum atomic E-state index is -0.0600. The molecule has 0 spiro atoms. The molecule has 0 atom stereocenters. The van der Waals surface area contributed by atoms with Gasteiger partial charge in [-0.05, 0) is 56.7 Å². The largest absolute Gasteiger partial charge is 0.468 e. The first kappa shape index (κ1) is 17.1. The topological polar surface area (TPSA) is 57.5 Å². The van der Waals surface area contributed by atoms with Gasteiger partial charge in [0.2, 0.25) is 5.91 Å². The average Bonchev–Trinajstić information content (AvgIpc) is 3.04. The number of carbonyl (C=O) groups is 1. The lowest BCUT2D eigenvalue weighted by molar-refractivity contribution is -0.115. The van der Waals surface area contributed by atoms with Crippen LogP contribution in [-0.2, 0) is 11.3 Å². The summed E-state index contributed by atoms with van der Waals surface area (Å²) < 4.78 is 5.21. The number of nitrogens with zero attached hydrogens (tertiary/aromatic N) is 1. The Hall–Kier alpha value is -2.27. The zero-order valence-corrected chi connectivity index (χ0v) is 14.1. The van der Waals surface area contributed by atoms with Crippen LogP contribution in [0.4, 0.5) is 11.4 Å². The molecule has 2 aromatic rings. The number of amides is 1. The van der Waals surface area contributed by atoms with E-state index in [1.54, 1.807) is 6.26 Å². The highest BCUT2D eigenvalue weighted by Gasteiger charge is 2.08. The van der Waals surface area contributed by atoms with E-state index >= 15 is 0 Å². The lowest BCUT2D eigenvalue weighted by atomic mass is 10.1. The number of nitrogens with one attached hydrogen (secondary N) is 2. The van der Waals surface area contributed by atoms with Crippen LogP contribution in [0, 0.1) is 6.92 Å². The van der Waals surface area contributed by atoms with Crippen LogP contribution in [0.1, 0.15) is 25.2 Å². The molecule has 0 saturated heterocycles. The van der Waals surface area contributed by atoms with Crippen LogP contribution in [-0.4, -0.2) is 25.5 Å². The normalized spacial score (nSPS) is 10.6. The second-order valence-electron chi connectivity index (χ2n) is 5.40. The molecule has 0 saturated carbocycles. The van der Waals surface area contributed by atoms with E-state index in [1.165, 1.54) is 5.69 Å². The predicted molar refractivity (Wildman–Crippen MR) is 93.8 cm³/mol. The monoisotopic (exact) mass is 315 g/mol. The van der Waals surface area contributed by atoms with Gasteiger partial charge in [0.25, 0.3) is 0 Å². The maximum atomic E-state index is 12.0. The third kappa shape index (κ3) is 4.86. The van der Waals surface area contributed by atoms with Crippen molar-refractivity contribution in [3.63, 3.8) is 0 Å². The maximum absolute atomic E-state index is 12.0. The van der Waals surface area contributed by atoms with Crippen LogP contribution in [0.15, 0.2) is 41.0 Å². The van der Waals surface area contributed by atoms with Gasteiger partial charge in [0.05, 0.1) is 19.4 Å². The van der Waals surface area contributed by atoms with Gasteiger partial charge in [0, 0.05) is 24.5 Å². The smallest absolute Gasteiger partial charge is 0.238 e. The zero-order valence-electron chi connectivity index (χ0n) is 14.1. The van der Waals surface area contributed by atoms with Gasteiger partial charge in [0.1, 0.15) is 5.76 Å². The standard InChI is InChI=1S/C18H25N3O2/c1-4-21(5-2)15-8-9-17(14(3)11-15)20-18(22)13-19-12-16-7-6-10-23-16/h6-11,19H,4-5,12-13H2,1-3H3,(H,20,22). The fourth-order valence-corrected chi connectivity index (χ4v) is 2.48. The van der Waals surface area contributed by atoms with E-state index in [9.17, 15) is 4.79 Å². The molecule has 2 rings (SSSR count). The number of carbonyl (C=O) groups excluding carboxylic acids is 1. The molecule has 2 N–H and O–H groups in total. The van der Waals surface area contributed by atoms with Crippen molar-refractivity contribution in [2.24, 2.45) is 0 Å². The quantitative estimate of drug-likeness (QED) is 0.785. The van der Waals surface area contributed by atoms with Crippen molar-refractivity contribution in [1.29, 1.82) is 0 Å². The summed E-state index contributed by atoms with van der Waals surface area (Å²) in [6, 6.07) is 9.83. The van der Waals surface area contributed by atoms with Crippen molar-refractivity contribution in [1.82, 2.24) is 5.32 Å². The summed E-state index contributed by atoms with van der Waals surface area (Å²) in [6.45, 7) is 9.02. The molecule has 0 aliphatic heterocycles. The molecule has 0 aliphatic carbocycles. The number of furan rings is 1. The van der Waals surface area contributed by atoms with E-state index in [-0.39, 0.29) is 12.5 Å². The van der Waals surface area contributed by atoms with Gasteiger partial charge in [0.15, 0.2) is 0 Å². The lowest BCUT2D eigenvalue weighted by Crippen LogP contribution is -2.28. The summed E-state index contributed by atoms with van der Waals surface area (Å²) in [6.07, 6.45) is 1.62. The van der Waals surface area contributed by atoms with Crippen molar-refractivity contribution in [2.45, 2.75) is 27.3 Å². The summed E-state index contributed by atoms with van der Waals surface area (Å²) in [7, 11) is 0.